The van der Waals surface area contributed by atoms with E-state index in [1.165, 1.54) is 12.1 Å². The Bertz CT molecular complexity index is 676. The summed E-state index contributed by atoms with van der Waals surface area (Å²) < 4.78 is 32.0. The molecule has 0 radical (unpaired) electrons. The third-order valence-corrected chi connectivity index (χ3v) is 3.01. The van der Waals surface area contributed by atoms with Crippen molar-refractivity contribution < 1.29 is 18.4 Å². The molecule has 8 heteroatoms. The Morgan fingerprint density at radius 3 is 2.50 bits per heavy atom. The van der Waals surface area contributed by atoms with Gasteiger partial charge in [-0.1, -0.05) is 27.5 Å². The van der Waals surface area contributed by atoms with Crippen LogP contribution in [0, 0.1) is 21.7 Å². The minimum Gasteiger partial charge on any atom is -0.450 e. The van der Waals surface area contributed by atoms with Gasteiger partial charge in [-0.3, -0.25) is 10.1 Å². The summed E-state index contributed by atoms with van der Waals surface area (Å²) in [5, 5.41) is 10.5. The molecule has 20 heavy (non-hydrogen) atoms. The number of hydrogen-bond donors (Lipinski definition) is 0. The van der Waals surface area contributed by atoms with Gasteiger partial charge in [-0.05, 0) is 12.1 Å². The van der Waals surface area contributed by atoms with E-state index in [1.807, 2.05) is 0 Å². The van der Waals surface area contributed by atoms with Gasteiger partial charge in [0.2, 0.25) is 5.75 Å². The number of nitro benzene ring substituents is 1. The van der Waals surface area contributed by atoms with E-state index in [1.54, 1.807) is 0 Å². The van der Waals surface area contributed by atoms with Gasteiger partial charge in [-0.25, -0.2) is 8.78 Å². The molecule has 0 aliphatic carbocycles. The van der Waals surface area contributed by atoms with Crippen LogP contribution >= 0.6 is 27.5 Å². The lowest BCUT2D eigenvalue weighted by Gasteiger charge is -2.08. The smallest absolute Gasteiger partial charge is 0.314 e. The van der Waals surface area contributed by atoms with Gasteiger partial charge in [0.25, 0.3) is 0 Å². The van der Waals surface area contributed by atoms with Crippen LogP contribution in [0.1, 0.15) is 0 Å². The molecular weight excluding hydrogens is 359 g/mol. The summed E-state index contributed by atoms with van der Waals surface area (Å²) in [4.78, 5) is 10.0. The Balaban J connectivity index is 2.47. The highest BCUT2D eigenvalue weighted by molar-refractivity contribution is 9.10. The van der Waals surface area contributed by atoms with Gasteiger partial charge in [-0.2, -0.15) is 0 Å². The van der Waals surface area contributed by atoms with Crippen molar-refractivity contribution in [2.45, 2.75) is 0 Å². The third kappa shape index (κ3) is 3.23. The van der Waals surface area contributed by atoms with Gasteiger partial charge in [0.15, 0.2) is 0 Å². The van der Waals surface area contributed by atoms with Crippen LogP contribution in [0.2, 0.25) is 5.02 Å². The van der Waals surface area contributed by atoms with Crippen LogP contribution in [0.4, 0.5) is 14.5 Å². The van der Waals surface area contributed by atoms with Gasteiger partial charge in [0.1, 0.15) is 17.4 Å². The van der Waals surface area contributed by atoms with Crippen LogP contribution < -0.4 is 4.74 Å². The predicted octanol–water partition coefficient (Wildman–Crippen LogP) is 5.08. The second kappa shape index (κ2) is 5.72. The predicted molar refractivity (Wildman–Crippen MR) is 72.2 cm³/mol. The summed E-state index contributed by atoms with van der Waals surface area (Å²) in [6.45, 7) is 0. The van der Waals surface area contributed by atoms with Crippen molar-refractivity contribution in [1.82, 2.24) is 0 Å². The minimum absolute atomic E-state index is 0.0163. The molecule has 0 bridgehead atoms. The Morgan fingerprint density at radius 1 is 1.20 bits per heavy atom. The highest BCUT2D eigenvalue weighted by Gasteiger charge is 2.20. The quantitative estimate of drug-likeness (QED) is 0.563. The van der Waals surface area contributed by atoms with E-state index in [0.717, 1.165) is 12.1 Å². The molecule has 0 saturated heterocycles. The summed E-state index contributed by atoms with van der Waals surface area (Å²) in [6.07, 6.45) is 0. The Hall–Kier alpha value is -1.73. The maximum atomic E-state index is 13.2. The van der Waals surface area contributed by atoms with Crippen LogP contribution in [0.5, 0.6) is 11.5 Å². The number of nitro groups is 1. The zero-order valence-electron chi connectivity index (χ0n) is 9.57. The van der Waals surface area contributed by atoms with Crippen molar-refractivity contribution in [3.8, 4) is 11.5 Å². The number of nitrogens with zero attached hydrogens (tertiary/aromatic N) is 1. The van der Waals surface area contributed by atoms with Crippen molar-refractivity contribution >= 4 is 33.2 Å². The summed E-state index contributed by atoms with van der Waals surface area (Å²) in [6, 6.07) is 5.24. The number of benzene rings is 2. The van der Waals surface area contributed by atoms with Crippen molar-refractivity contribution in [2.75, 3.05) is 0 Å². The highest BCUT2D eigenvalue weighted by Crippen LogP contribution is 2.36. The third-order valence-electron chi connectivity index (χ3n) is 2.26. The highest BCUT2D eigenvalue weighted by atomic mass is 79.9. The fraction of sp³-hybridized carbons (Fsp3) is 0. The number of halogens is 4. The average molecular weight is 365 g/mol. The average Bonchev–Trinajstić information content (AvgIpc) is 2.31. The molecule has 2 aromatic carbocycles. The largest absolute Gasteiger partial charge is 0.450 e. The van der Waals surface area contributed by atoms with Crippen molar-refractivity contribution in [1.29, 1.82) is 0 Å². The van der Waals surface area contributed by atoms with Gasteiger partial charge in [0.05, 0.1) is 16.0 Å². The monoisotopic (exact) mass is 363 g/mol. The van der Waals surface area contributed by atoms with E-state index in [4.69, 9.17) is 16.3 Å². The van der Waals surface area contributed by atoms with E-state index < -0.39 is 22.2 Å². The normalized spacial score (nSPS) is 10.4. The molecule has 2 aromatic rings. The van der Waals surface area contributed by atoms with Crippen molar-refractivity contribution in [3.63, 3.8) is 0 Å². The molecular formula is C12H5BrClF2NO3. The lowest BCUT2D eigenvalue weighted by molar-refractivity contribution is -0.385. The fourth-order valence-electron chi connectivity index (χ4n) is 1.46. The maximum Gasteiger partial charge on any atom is 0.314 e. The lowest BCUT2D eigenvalue weighted by Crippen LogP contribution is -1.95. The first-order valence-corrected chi connectivity index (χ1v) is 6.31. The summed E-state index contributed by atoms with van der Waals surface area (Å²) >= 11 is 8.62. The summed E-state index contributed by atoms with van der Waals surface area (Å²) in [7, 11) is 0. The molecule has 0 N–H and O–H groups in total. The SMILES string of the molecule is O=[N+]([O-])c1cc(F)c(Cl)cc1Oc1cc(F)cc(Br)c1. The zero-order chi connectivity index (χ0) is 14.9. The van der Waals surface area contributed by atoms with E-state index >= 15 is 0 Å². The van der Waals surface area contributed by atoms with E-state index in [2.05, 4.69) is 15.9 Å². The lowest BCUT2D eigenvalue weighted by atomic mass is 10.2. The first-order chi connectivity index (χ1) is 9.36. The molecule has 2 rings (SSSR count). The van der Waals surface area contributed by atoms with Crippen LogP contribution in [0.3, 0.4) is 0 Å². The van der Waals surface area contributed by atoms with Crippen molar-refractivity contribution in [2.24, 2.45) is 0 Å². The van der Waals surface area contributed by atoms with E-state index in [9.17, 15) is 18.9 Å². The molecule has 4 nitrogen and oxygen atoms in total. The van der Waals surface area contributed by atoms with Crippen LogP contribution in [-0.4, -0.2) is 4.92 Å². The molecule has 104 valence electrons. The van der Waals surface area contributed by atoms with Crippen molar-refractivity contribution in [3.05, 3.63) is 61.6 Å². The second-order valence-electron chi connectivity index (χ2n) is 3.70. The molecule has 0 aliphatic heterocycles. The maximum absolute atomic E-state index is 13.2. The van der Waals surface area contributed by atoms with Crippen LogP contribution in [0.25, 0.3) is 0 Å². The Labute approximate surface area is 125 Å². The van der Waals surface area contributed by atoms with E-state index in [-0.39, 0.29) is 16.5 Å². The molecule has 0 spiro atoms. The number of rotatable bonds is 3. The molecule has 0 aliphatic rings. The summed E-state index contributed by atoms with van der Waals surface area (Å²) in [5.41, 5.74) is -0.604. The van der Waals surface area contributed by atoms with E-state index in [0.29, 0.717) is 10.5 Å². The molecule has 0 unspecified atom stereocenters. The topological polar surface area (TPSA) is 52.4 Å². The van der Waals surface area contributed by atoms with Crippen LogP contribution in [0.15, 0.2) is 34.8 Å². The molecule has 0 heterocycles. The van der Waals surface area contributed by atoms with Gasteiger partial charge in [-0.15, -0.1) is 0 Å². The molecule has 0 saturated carbocycles. The Kier molecular flexibility index (Phi) is 4.20. The second-order valence-corrected chi connectivity index (χ2v) is 5.02. The number of ether oxygens (including phenoxy) is 1. The Morgan fingerprint density at radius 2 is 1.90 bits per heavy atom. The fourth-order valence-corrected chi connectivity index (χ4v) is 2.05. The molecule has 0 aromatic heterocycles. The standard InChI is InChI=1S/C12H5BrClF2NO3/c13-6-1-7(15)3-8(2-6)20-12-4-9(14)10(16)5-11(12)17(18)19/h1-5H. The molecule has 0 amide bonds. The first-order valence-electron chi connectivity index (χ1n) is 5.14. The van der Waals surface area contributed by atoms with Crippen LogP contribution in [-0.2, 0) is 0 Å². The zero-order valence-corrected chi connectivity index (χ0v) is 11.9. The van der Waals surface area contributed by atoms with Gasteiger partial charge >= 0.3 is 5.69 Å². The summed E-state index contributed by atoms with van der Waals surface area (Å²) in [5.74, 6) is -1.79. The van der Waals surface area contributed by atoms with Gasteiger partial charge in [0, 0.05) is 16.6 Å². The minimum atomic E-state index is -0.939. The first kappa shape index (κ1) is 14.7. The molecule has 0 fully saturated rings. The molecule has 0 atom stereocenters. The number of hydrogen-bond acceptors (Lipinski definition) is 3. The van der Waals surface area contributed by atoms with Gasteiger partial charge < -0.3 is 4.74 Å².